The fourth-order valence-electron chi connectivity index (χ4n) is 4.23. The summed E-state index contributed by atoms with van der Waals surface area (Å²) < 4.78 is 27.2. The Hall–Kier alpha value is -3.11. The predicted molar refractivity (Wildman–Crippen MR) is 142 cm³/mol. The lowest BCUT2D eigenvalue weighted by molar-refractivity contribution is -0.118. The minimum Gasteiger partial charge on any atom is -0.768 e. The number of nitrogens with one attached hydrogen (secondary N) is 2. The molecule has 2 heterocycles. The van der Waals surface area contributed by atoms with Crippen LogP contribution < -0.4 is 15.4 Å². The number of benzene rings is 2. The molecule has 1 aromatic heterocycles. The van der Waals surface area contributed by atoms with E-state index in [1.54, 1.807) is 25.3 Å². The summed E-state index contributed by atoms with van der Waals surface area (Å²) in [6.45, 7) is 1.39. The second-order valence-corrected chi connectivity index (χ2v) is 9.85. The average Bonchev–Trinajstić information content (AvgIpc) is 3.56. The number of carbonyl (C=O) groups excluding carboxylic acids is 1. The van der Waals surface area contributed by atoms with Gasteiger partial charge >= 0.3 is 0 Å². The smallest absolute Gasteiger partial charge is 0.236 e. The molecule has 2 atom stereocenters. The van der Waals surface area contributed by atoms with Crippen molar-refractivity contribution in [2.24, 2.45) is 0 Å². The van der Waals surface area contributed by atoms with E-state index in [0.717, 1.165) is 42.7 Å². The molecule has 194 valence electrons. The summed E-state index contributed by atoms with van der Waals surface area (Å²) in [6.07, 6.45) is 3.96. The summed E-state index contributed by atoms with van der Waals surface area (Å²) >= 11 is -2.26. The molecule has 8 nitrogen and oxygen atoms in total. The number of aliphatic hydroxyl groups is 1. The van der Waals surface area contributed by atoms with Crippen molar-refractivity contribution in [2.45, 2.75) is 42.0 Å². The maximum absolute atomic E-state index is 13.0. The third-order valence-electron chi connectivity index (χ3n) is 6.54. The average molecular weight is 513 g/mol. The molecule has 3 aromatic rings. The van der Waals surface area contributed by atoms with Crippen LogP contribution in [0.25, 0.3) is 11.3 Å². The highest BCUT2D eigenvalue weighted by Crippen LogP contribution is 2.49. The first kappa shape index (κ1) is 26.0. The van der Waals surface area contributed by atoms with Crippen LogP contribution in [0.4, 0.5) is 5.82 Å². The highest BCUT2D eigenvalue weighted by Gasteiger charge is 2.51. The van der Waals surface area contributed by atoms with Crippen LogP contribution in [0.2, 0.25) is 0 Å². The molecule has 5 rings (SSSR count). The van der Waals surface area contributed by atoms with Gasteiger partial charge in [-0.05, 0) is 85.3 Å². The molecule has 1 aliphatic heterocycles. The molecular formula is C27H34N3O5S-. The van der Waals surface area contributed by atoms with Crippen LogP contribution in [0.5, 0.6) is 5.75 Å². The Bertz CT molecular complexity index is 1200. The first-order valence-corrected chi connectivity index (χ1v) is 13.0. The van der Waals surface area contributed by atoms with Gasteiger partial charge in [0.05, 0.1) is 24.8 Å². The van der Waals surface area contributed by atoms with E-state index in [2.05, 4.69) is 15.6 Å². The summed E-state index contributed by atoms with van der Waals surface area (Å²) in [5, 5.41) is 14.6. The molecule has 3 N–H and O–H groups in total. The molecule has 2 fully saturated rings. The van der Waals surface area contributed by atoms with Gasteiger partial charge in [-0.25, -0.2) is 4.98 Å². The van der Waals surface area contributed by atoms with Crippen LogP contribution in [0.15, 0.2) is 71.6 Å². The number of aliphatic hydroxyl groups excluding tert-OH is 1. The Labute approximate surface area is 216 Å². The largest absolute Gasteiger partial charge is 0.768 e. The summed E-state index contributed by atoms with van der Waals surface area (Å²) in [5.41, 5.74) is 1.86. The molecule has 1 unspecified atom stereocenters. The number of amides is 1. The van der Waals surface area contributed by atoms with Crippen LogP contribution in [-0.4, -0.2) is 51.1 Å². The Morgan fingerprint density at radius 3 is 2.44 bits per heavy atom. The highest BCUT2D eigenvalue weighted by atomic mass is 32.2. The Morgan fingerprint density at radius 1 is 1.19 bits per heavy atom. The van der Waals surface area contributed by atoms with Crippen molar-refractivity contribution < 1.29 is 26.3 Å². The zero-order valence-electron chi connectivity index (χ0n) is 20.1. The number of ether oxygens (including phenoxy) is 1. The van der Waals surface area contributed by atoms with Crippen LogP contribution >= 0.6 is 0 Å². The summed E-state index contributed by atoms with van der Waals surface area (Å²) in [4.78, 5) is 17.7. The van der Waals surface area contributed by atoms with Gasteiger partial charge in [0.2, 0.25) is 5.91 Å². The number of methoxy groups -OCH3 is 1. The van der Waals surface area contributed by atoms with E-state index in [1.807, 2.05) is 36.4 Å². The third kappa shape index (κ3) is 6.17. The molecule has 1 aliphatic carbocycles. The Balaban J connectivity index is 0.000000492. The van der Waals surface area contributed by atoms with E-state index in [9.17, 15) is 13.6 Å². The van der Waals surface area contributed by atoms with Crippen LogP contribution in [-0.2, 0) is 21.3 Å². The number of rotatable bonds is 7. The first-order valence-electron chi connectivity index (χ1n) is 11.9. The van der Waals surface area contributed by atoms with Crippen molar-refractivity contribution in [3.8, 4) is 17.0 Å². The van der Waals surface area contributed by atoms with Crippen molar-refractivity contribution in [2.75, 3.05) is 25.6 Å². The molecule has 1 amide bonds. The Kier molecular flexibility index (Phi) is 8.48. The SMILES string of the molecule is COc1ccc(C2(C(=O)Nc3cccc(-c4ccc(S(=O)[O-])cc4)n3)CC2)cc1.OC[C@H]1CCCN1.[HH].[HH]. The highest BCUT2D eigenvalue weighted by molar-refractivity contribution is 7.79. The van der Waals surface area contributed by atoms with E-state index in [1.165, 1.54) is 18.6 Å². The van der Waals surface area contributed by atoms with Crippen LogP contribution in [0.1, 0.15) is 34.1 Å². The van der Waals surface area contributed by atoms with Gasteiger partial charge < -0.3 is 25.0 Å². The van der Waals surface area contributed by atoms with Gasteiger partial charge in [0.1, 0.15) is 11.6 Å². The monoisotopic (exact) mass is 512 g/mol. The molecule has 2 aromatic carbocycles. The molecule has 1 saturated carbocycles. The maximum atomic E-state index is 13.0. The number of aromatic nitrogens is 1. The van der Waals surface area contributed by atoms with Crippen LogP contribution in [0.3, 0.4) is 0 Å². The number of pyridine rings is 1. The molecule has 0 bridgehead atoms. The maximum Gasteiger partial charge on any atom is 0.236 e. The molecule has 9 heteroatoms. The molecule has 0 spiro atoms. The normalized spacial score (nSPS) is 18.5. The van der Waals surface area contributed by atoms with Crippen molar-refractivity contribution in [1.82, 2.24) is 10.3 Å². The minimum absolute atomic E-state index is 0. The van der Waals surface area contributed by atoms with Crippen molar-refractivity contribution in [1.29, 1.82) is 0 Å². The van der Waals surface area contributed by atoms with Crippen LogP contribution in [0, 0.1) is 0 Å². The summed E-state index contributed by atoms with van der Waals surface area (Å²) in [5.74, 6) is 1.14. The fourth-order valence-corrected chi connectivity index (χ4v) is 4.59. The lowest BCUT2D eigenvalue weighted by Gasteiger charge is -2.16. The van der Waals surface area contributed by atoms with E-state index in [4.69, 9.17) is 9.84 Å². The van der Waals surface area contributed by atoms with Gasteiger partial charge in [-0.15, -0.1) is 0 Å². The lowest BCUT2D eigenvalue weighted by Crippen LogP contribution is -2.28. The molecular weight excluding hydrogens is 478 g/mol. The van der Waals surface area contributed by atoms with E-state index in [-0.39, 0.29) is 13.7 Å². The molecule has 36 heavy (non-hydrogen) atoms. The van der Waals surface area contributed by atoms with Crippen molar-refractivity contribution in [3.05, 3.63) is 72.3 Å². The fraction of sp³-hybridized carbons (Fsp3) is 0.333. The molecule has 1 saturated heterocycles. The Morgan fingerprint density at radius 2 is 1.92 bits per heavy atom. The molecule has 2 aliphatic rings. The number of anilines is 1. The van der Waals surface area contributed by atoms with Gasteiger partial charge in [-0.3, -0.25) is 9.00 Å². The van der Waals surface area contributed by atoms with Crippen molar-refractivity contribution in [3.63, 3.8) is 0 Å². The number of nitrogens with zero attached hydrogens (tertiary/aromatic N) is 1. The quantitative estimate of drug-likeness (QED) is 0.410. The van der Waals surface area contributed by atoms with Gasteiger partial charge in [0.25, 0.3) is 0 Å². The summed E-state index contributed by atoms with van der Waals surface area (Å²) in [6, 6.07) is 19.8. The molecule has 0 radical (unpaired) electrons. The number of carbonyl (C=O) groups is 1. The minimum atomic E-state index is -2.26. The van der Waals surface area contributed by atoms with Gasteiger partial charge in [0, 0.05) is 19.4 Å². The number of hydrogen-bond donors (Lipinski definition) is 3. The second-order valence-electron chi connectivity index (χ2n) is 8.91. The summed E-state index contributed by atoms with van der Waals surface area (Å²) in [7, 11) is 1.61. The number of hydrogen-bond acceptors (Lipinski definition) is 7. The van der Waals surface area contributed by atoms with Gasteiger partial charge in [0.15, 0.2) is 0 Å². The van der Waals surface area contributed by atoms with Gasteiger partial charge in [-0.1, -0.05) is 30.3 Å². The topological polar surface area (TPSA) is 124 Å². The van der Waals surface area contributed by atoms with E-state index in [0.29, 0.717) is 24.2 Å². The predicted octanol–water partition coefficient (Wildman–Crippen LogP) is 3.89. The van der Waals surface area contributed by atoms with Crippen molar-refractivity contribution >= 4 is 22.8 Å². The van der Waals surface area contributed by atoms with E-state index >= 15 is 0 Å². The standard InChI is InChI=1S/C22H20N2O4S.C5H11NO.2H2/c1-28-17-9-7-16(8-10-17)22(13-14-22)21(25)24-20-4-2-3-19(23-20)15-5-11-18(12-6-15)29(26)27;7-4-5-2-1-3-6-5;;/h2-12H,13-14H2,1H3,(H,26,27)(H,23,24,25);5-7H,1-4H2;2*1H/p-1/t;5-;;/m.1../s1. The lowest BCUT2D eigenvalue weighted by atomic mass is 9.95. The second kappa shape index (κ2) is 11.7. The van der Waals surface area contributed by atoms with Gasteiger partial charge in [-0.2, -0.15) is 0 Å². The first-order chi connectivity index (χ1) is 17.4. The third-order valence-corrected chi connectivity index (χ3v) is 7.20. The van der Waals surface area contributed by atoms with E-state index < -0.39 is 16.5 Å². The zero-order valence-corrected chi connectivity index (χ0v) is 20.9. The zero-order chi connectivity index (χ0) is 25.5.